The third kappa shape index (κ3) is 3.74. The molecule has 0 unspecified atom stereocenters. The summed E-state index contributed by atoms with van der Waals surface area (Å²) in [7, 11) is 0. The van der Waals surface area contributed by atoms with Crippen LogP contribution in [0.5, 0.6) is 0 Å². The Hall–Kier alpha value is -3.03. The van der Waals surface area contributed by atoms with Crippen LogP contribution in [0.25, 0.3) is 0 Å². The van der Waals surface area contributed by atoms with Gasteiger partial charge in [-0.2, -0.15) is 0 Å². The first-order valence-electron chi connectivity index (χ1n) is 8.38. The van der Waals surface area contributed by atoms with Gasteiger partial charge < -0.3 is 15.5 Å². The molecule has 2 aromatic rings. The van der Waals surface area contributed by atoms with E-state index < -0.39 is 41.5 Å². The third-order valence-corrected chi connectivity index (χ3v) is 4.58. The minimum atomic E-state index is -0.927. The molecular weight excluding hydrogens is 359 g/mol. The van der Waals surface area contributed by atoms with E-state index in [0.29, 0.717) is 5.69 Å². The van der Waals surface area contributed by atoms with Gasteiger partial charge in [-0.1, -0.05) is 12.1 Å². The Kier molecular flexibility index (Phi) is 5.07. The first-order chi connectivity index (χ1) is 12.8. The number of hydrogen-bond acceptors (Lipinski definition) is 2. The molecule has 0 spiro atoms. The molecule has 2 atom stereocenters. The van der Waals surface area contributed by atoms with Crippen LogP contribution in [-0.4, -0.2) is 22.9 Å². The number of carbonyl (C=O) groups excluding carboxylic acids is 2. The molecule has 8 heteroatoms. The van der Waals surface area contributed by atoms with Gasteiger partial charge in [0.25, 0.3) is 0 Å². The third-order valence-electron chi connectivity index (χ3n) is 4.58. The van der Waals surface area contributed by atoms with Crippen molar-refractivity contribution in [3.63, 3.8) is 0 Å². The SMILES string of the molecule is C[C@H](NC(=O)[C@@H](C)N1Cc2c(F)cccc2NC1=O)c1ccc(F)cc1F. The second-order valence-electron chi connectivity index (χ2n) is 6.40. The van der Waals surface area contributed by atoms with E-state index in [1.54, 1.807) is 13.0 Å². The molecule has 0 saturated carbocycles. The number of anilines is 1. The van der Waals surface area contributed by atoms with Gasteiger partial charge in [-0.25, -0.2) is 18.0 Å². The van der Waals surface area contributed by atoms with E-state index in [2.05, 4.69) is 10.6 Å². The maximum Gasteiger partial charge on any atom is 0.322 e. The molecule has 142 valence electrons. The Morgan fingerprint density at radius 1 is 1.15 bits per heavy atom. The molecule has 2 aromatic carbocycles. The van der Waals surface area contributed by atoms with Gasteiger partial charge in [-0.05, 0) is 32.0 Å². The molecule has 3 amide bonds. The summed E-state index contributed by atoms with van der Waals surface area (Å²) >= 11 is 0. The van der Waals surface area contributed by atoms with Crippen molar-refractivity contribution in [3.05, 3.63) is 65.0 Å². The highest BCUT2D eigenvalue weighted by Gasteiger charge is 2.32. The fourth-order valence-electron chi connectivity index (χ4n) is 2.98. The van der Waals surface area contributed by atoms with Crippen molar-refractivity contribution in [2.75, 3.05) is 5.32 Å². The highest BCUT2D eigenvalue weighted by Crippen LogP contribution is 2.27. The molecule has 1 aliphatic heterocycles. The smallest absolute Gasteiger partial charge is 0.322 e. The lowest BCUT2D eigenvalue weighted by molar-refractivity contribution is -0.125. The molecule has 1 heterocycles. The zero-order chi connectivity index (χ0) is 19.7. The van der Waals surface area contributed by atoms with Crippen LogP contribution in [0, 0.1) is 17.5 Å². The minimum Gasteiger partial charge on any atom is -0.348 e. The topological polar surface area (TPSA) is 61.4 Å². The quantitative estimate of drug-likeness (QED) is 0.853. The molecule has 0 aliphatic carbocycles. The monoisotopic (exact) mass is 377 g/mol. The number of halogens is 3. The average Bonchev–Trinajstić information content (AvgIpc) is 2.60. The summed E-state index contributed by atoms with van der Waals surface area (Å²) in [5.41, 5.74) is 0.774. The fourth-order valence-corrected chi connectivity index (χ4v) is 2.98. The van der Waals surface area contributed by atoms with Crippen molar-refractivity contribution in [2.24, 2.45) is 0 Å². The molecule has 27 heavy (non-hydrogen) atoms. The number of rotatable bonds is 4. The van der Waals surface area contributed by atoms with Crippen molar-refractivity contribution in [3.8, 4) is 0 Å². The highest BCUT2D eigenvalue weighted by atomic mass is 19.1. The van der Waals surface area contributed by atoms with Crippen LogP contribution >= 0.6 is 0 Å². The maximum atomic E-state index is 14.0. The van der Waals surface area contributed by atoms with Crippen molar-refractivity contribution < 1.29 is 22.8 Å². The van der Waals surface area contributed by atoms with Crippen LogP contribution in [0.3, 0.4) is 0 Å². The molecule has 5 nitrogen and oxygen atoms in total. The Labute approximate surface area is 154 Å². The van der Waals surface area contributed by atoms with E-state index in [-0.39, 0.29) is 17.7 Å². The van der Waals surface area contributed by atoms with Crippen LogP contribution in [-0.2, 0) is 11.3 Å². The van der Waals surface area contributed by atoms with Crippen LogP contribution < -0.4 is 10.6 Å². The van der Waals surface area contributed by atoms with E-state index in [1.165, 1.54) is 30.0 Å². The van der Waals surface area contributed by atoms with Crippen molar-refractivity contribution >= 4 is 17.6 Å². The predicted octanol–water partition coefficient (Wildman–Crippen LogP) is 3.72. The second kappa shape index (κ2) is 7.30. The Bertz CT molecular complexity index is 904. The molecule has 0 saturated heterocycles. The highest BCUT2D eigenvalue weighted by molar-refractivity contribution is 5.96. The molecule has 2 N–H and O–H groups in total. The molecule has 0 radical (unpaired) electrons. The van der Waals surface area contributed by atoms with Gasteiger partial charge in [0, 0.05) is 17.2 Å². The standard InChI is InChI=1S/C19H18F3N3O2/c1-10(13-7-6-12(20)8-16(13)22)23-18(26)11(2)25-9-14-15(21)4-3-5-17(14)24-19(25)27/h3-8,10-11H,9H2,1-2H3,(H,23,26)(H,24,27)/t10-,11+/m0/s1. The van der Waals surface area contributed by atoms with Crippen LogP contribution in [0.2, 0.25) is 0 Å². The number of nitrogens with zero attached hydrogens (tertiary/aromatic N) is 1. The summed E-state index contributed by atoms with van der Waals surface area (Å²) in [5, 5.41) is 5.15. The summed E-state index contributed by atoms with van der Waals surface area (Å²) in [6.45, 7) is 2.97. The zero-order valence-electron chi connectivity index (χ0n) is 14.7. The van der Waals surface area contributed by atoms with Crippen LogP contribution in [0.1, 0.15) is 31.0 Å². The van der Waals surface area contributed by atoms with Crippen molar-refractivity contribution in [2.45, 2.75) is 32.5 Å². The van der Waals surface area contributed by atoms with Gasteiger partial charge in [0.15, 0.2) is 0 Å². The Balaban J connectivity index is 1.73. The average molecular weight is 377 g/mol. The molecule has 0 bridgehead atoms. The van der Waals surface area contributed by atoms with E-state index in [9.17, 15) is 22.8 Å². The van der Waals surface area contributed by atoms with Gasteiger partial charge in [0.2, 0.25) is 5.91 Å². The minimum absolute atomic E-state index is 0.0677. The number of nitrogens with one attached hydrogen (secondary N) is 2. The summed E-state index contributed by atoms with van der Waals surface area (Å²) in [4.78, 5) is 26.0. The fraction of sp³-hybridized carbons (Fsp3) is 0.263. The molecule has 3 rings (SSSR count). The molecule has 1 aliphatic rings. The second-order valence-corrected chi connectivity index (χ2v) is 6.40. The lowest BCUT2D eigenvalue weighted by Gasteiger charge is -2.34. The molecular formula is C19H18F3N3O2. The number of urea groups is 1. The summed E-state index contributed by atoms with van der Waals surface area (Å²) in [5.74, 6) is -2.51. The van der Waals surface area contributed by atoms with Gasteiger partial charge >= 0.3 is 6.03 Å². The number of hydrogen-bond donors (Lipinski definition) is 2. The number of fused-ring (bicyclic) bond motifs is 1. The summed E-state index contributed by atoms with van der Waals surface area (Å²) in [6.07, 6.45) is 0. The van der Waals surface area contributed by atoms with Gasteiger partial charge in [0.1, 0.15) is 23.5 Å². The van der Waals surface area contributed by atoms with E-state index in [0.717, 1.165) is 12.1 Å². The van der Waals surface area contributed by atoms with Gasteiger partial charge in [-0.15, -0.1) is 0 Å². The first kappa shape index (κ1) is 18.8. The summed E-state index contributed by atoms with van der Waals surface area (Å²) in [6, 6.07) is 5.23. The van der Waals surface area contributed by atoms with E-state index >= 15 is 0 Å². The first-order valence-corrected chi connectivity index (χ1v) is 8.38. The number of carbonyl (C=O) groups is 2. The van der Waals surface area contributed by atoms with E-state index in [4.69, 9.17) is 0 Å². The van der Waals surface area contributed by atoms with E-state index in [1.807, 2.05) is 0 Å². The number of amides is 3. The number of benzene rings is 2. The van der Waals surface area contributed by atoms with Crippen LogP contribution in [0.4, 0.5) is 23.7 Å². The Morgan fingerprint density at radius 3 is 2.59 bits per heavy atom. The normalized spacial score (nSPS) is 15.6. The zero-order valence-corrected chi connectivity index (χ0v) is 14.7. The maximum absolute atomic E-state index is 14.0. The predicted molar refractivity (Wildman–Crippen MR) is 93.3 cm³/mol. The van der Waals surface area contributed by atoms with Gasteiger partial charge in [0.05, 0.1) is 18.3 Å². The summed E-state index contributed by atoms with van der Waals surface area (Å²) < 4.78 is 40.9. The van der Waals surface area contributed by atoms with Crippen molar-refractivity contribution in [1.82, 2.24) is 10.2 Å². The van der Waals surface area contributed by atoms with Gasteiger partial charge in [-0.3, -0.25) is 4.79 Å². The van der Waals surface area contributed by atoms with Crippen molar-refractivity contribution in [1.29, 1.82) is 0 Å². The Morgan fingerprint density at radius 2 is 1.89 bits per heavy atom. The molecule has 0 fully saturated rings. The molecule has 0 aromatic heterocycles. The van der Waals surface area contributed by atoms with Crippen LogP contribution in [0.15, 0.2) is 36.4 Å². The largest absolute Gasteiger partial charge is 0.348 e. The lowest BCUT2D eigenvalue weighted by atomic mass is 10.1. The lowest BCUT2D eigenvalue weighted by Crippen LogP contribution is -2.51.